The molecule has 3 aromatic rings. The van der Waals surface area contributed by atoms with Gasteiger partial charge in [-0.2, -0.15) is 9.78 Å². The van der Waals surface area contributed by atoms with Crippen molar-refractivity contribution in [1.29, 1.82) is 0 Å². The molecule has 1 N–H and O–H groups in total. The Bertz CT molecular complexity index is 947. The standard InChI is InChI=1S/C22H26N4O2S/c1-22(2,3)18-15-20(26(25-18)19-7-5-6-13-23-19)24-21(27)12-14-29-17-10-8-16(28-4)9-11-17/h5-11,13,15H,12,14H2,1-4H3,(H,24,27). The van der Waals surface area contributed by atoms with Crippen molar-refractivity contribution < 1.29 is 9.53 Å². The van der Waals surface area contributed by atoms with Crippen LogP contribution in [0.2, 0.25) is 0 Å². The highest BCUT2D eigenvalue weighted by Gasteiger charge is 2.21. The molecule has 152 valence electrons. The van der Waals surface area contributed by atoms with Gasteiger partial charge in [0.2, 0.25) is 5.91 Å². The van der Waals surface area contributed by atoms with E-state index < -0.39 is 0 Å². The summed E-state index contributed by atoms with van der Waals surface area (Å²) in [6, 6.07) is 15.4. The topological polar surface area (TPSA) is 69.0 Å². The maximum Gasteiger partial charge on any atom is 0.226 e. The summed E-state index contributed by atoms with van der Waals surface area (Å²) in [6.45, 7) is 6.28. The first-order valence-electron chi connectivity index (χ1n) is 9.45. The monoisotopic (exact) mass is 410 g/mol. The summed E-state index contributed by atoms with van der Waals surface area (Å²) in [5.41, 5.74) is 0.759. The number of ether oxygens (including phenoxy) is 1. The highest BCUT2D eigenvalue weighted by molar-refractivity contribution is 7.99. The molecule has 7 heteroatoms. The van der Waals surface area contributed by atoms with Crippen LogP contribution >= 0.6 is 11.8 Å². The Hall–Kier alpha value is -2.80. The fourth-order valence-corrected chi connectivity index (χ4v) is 3.48. The number of nitrogens with one attached hydrogen (secondary N) is 1. The number of hydrogen-bond donors (Lipinski definition) is 1. The predicted octanol–water partition coefficient (Wildman–Crippen LogP) is 4.69. The molecule has 0 saturated heterocycles. The Kier molecular flexibility index (Phi) is 6.59. The summed E-state index contributed by atoms with van der Waals surface area (Å²) in [5, 5.41) is 7.67. The molecule has 0 bridgehead atoms. The van der Waals surface area contributed by atoms with Crippen LogP contribution in [0, 0.1) is 0 Å². The molecule has 3 rings (SSSR count). The third-order valence-corrected chi connectivity index (χ3v) is 5.28. The van der Waals surface area contributed by atoms with Crippen molar-refractivity contribution in [2.24, 2.45) is 0 Å². The van der Waals surface area contributed by atoms with Gasteiger partial charge in [-0.1, -0.05) is 26.8 Å². The zero-order chi connectivity index (χ0) is 20.9. The summed E-state index contributed by atoms with van der Waals surface area (Å²) >= 11 is 1.64. The zero-order valence-electron chi connectivity index (χ0n) is 17.2. The van der Waals surface area contributed by atoms with Gasteiger partial charge in [0.25, 0.3) is 0 Å². The number of carbonyl (C=O) groups is 1. The Balaban J connectivity index is 1.66. The summed E-state index contributed by atoms with van der Waals surface area (Å²) in [5.74, 6) is 2.76. The van der Waals surface area contributed by atoms with Crippen molar-refractivity contribution in [2.75, 3.05) is 18.2 Å². The number of amides is 1. The molecule has 1 aromatic carbocycles. The number of anilines is 1. The summed E-state index contributed by atoms with van der Waals surface area (Å²) < 4.78 is 6.85. The van der Waals surface area contributed by atoms with Crippen molar-refractivity contribution in [3.63, 3.8) is 0 Å². The van der Waals surface area contributed by atoms with Crippen molar-refractivity contribution in [3.8, 4) is 11.6 Å². The van der Waals surface area contributed by atoms with Crippen LogP contribution in [0.3, 0.4) is 0 Å². The van der Waals surface area contributed by atoms with E-state index >= 15 is 0 Å². The number of benzene rings is 1. The second-order valence-electron chi connectivity index (χ2n) is 7.59. The SMILES string of the molecule is COc1ccc(SCCC(=O)Nc2cc(C(C)(C)C)nn2-c2ccccn2)cc1. The molecule has 6 nitrogen and oxygen atoms in total. The Morgan fingerprint density at radius 3 is 2.55 bits per heavy atom. The van der Waals surface area contributed by atoms with Gasteiger partial charge in [-0.15, -0.1) is 11.8 Å². The minimum Gasteiger partial charge on any atom is -0.497 e. The lowest BCUT2D eigenvalue weighted by Gasteiger charge is -2.13. The van der Waals surface area contributed by atoms with Crippen LogP contribution in [-0.4, -0.2) is 33.5 Å². The molecular formula is C22H26N4O2S. The first-order valence-corrected chi connectivity index (χ1v) is 10.4. The van der Waals surface area contributed by atoms with E-state index in [9.17, 15) is 4.79 Å². The number of rotatable bonds is 7. The largest absolute Gasteiger partial charge is 0.497 e. The van der Waals surface area contributed by atoms with Gasteiger partial charge >= 0.3 is 0 Å². The lowest BCUT2D eigenvalue weighted by molar-refractivity contribution is -0.115. The average molecular weight is 411 g/mol. The van der Waals surface area contributed by atoms with Crippen molar-refractivity contribution >= 4 is 23.5 Å². The zero-order valence-corrected chi connectivity index (χ0v) is 18.0. The number of hydrogen-bond acceptors (Lipinski definition) is 5. The molecule has 2 aromatic heterocycles. The Labute approximate surface area is 175 Å². The van der Waals surface area contributed by atoms with Crippen LogP contribution in [0.5, 0.6) is 5.75 Å². The van der Waals surface area contributed by atoms with Crippen LogP contribution in [0.15, 0.2) is 59.6 Å². The van der Waals surface area contributed by atoms with Gasteiger partial charge in [0.1, 0.15) is 11.6 Å². The van der Waals surface area contributed by atoms with Gasteiger partial charge in [0.15, 0.2) is 5.82 Å². The molecule has 0 unspecified atom stereocenters. The van der Waals surface area contributed by atoms with Gasteiger partial charge < -0.3 is 10.1 Å². The van der Waals surface area contributed by atoms with Gasteiger partial charge in [0, 0.05) is 34.7 Å². The summed E-state index contributed by atoms with van der Waals surface area (Å²) in [4.78, 5) is 18.0. The molecule has 2 heterocycles. The molecule has 0 aliphatic rings. The maximum absolute atomic E-state index is 12.5. The molecule has 0 radical (unpaired) electrons. The minimum atomic E-state index is -0.135. The van der Waals surface area contributed by atoms with Crippen LogP contribution in [0.1, 0.15) is 32.9 Å². The third-order valence-electron chi connectivity index (χ3n) is 4.27. The lowest BCUT2D eigenvalue weighted by Crippen LogP contribution is -2.16. The van der Waals surface area contributed by atoms with Crippen LogP contribution in [0.25, 0.3) is 5.82 Å². The van der Waals surface area contributed by atoms with Gasteiger partial charge in [-0.3, -0.25) is 4.79 Å². The minimum absolute atomic E-state index is 0.0523. The quantitative estimate of drug-likeness (QED) is 0.572. The summed E-state index contributed by atoms with van der Waals surface area (Å²) in [7, 11) is 1.65. The average Bonchev–Trinajstić information content (AvgIpc) is 3.13. The lowest BCUT2D eigenvalue weighted by atomic mass is 9.92. The Morgan fingerprint density at radius 2 is 1.93 bits per heavy atom. The molecule has 0 aliphatic heterocycles. The van der Waals surface area contributed by atoms with Crippen molar-refractivity contribution in [2.45, 2.75) is 37.5 Å². The molecule has 0 aliphatic carbocycles. The second-order valence-corrected chi connectivity index (χ2v) is 8.76. The smallest absolute Gasteiger partial charge is 0.226 e. The molecule has 0 fully saturated rings. The number of carbonyl (C=O) groups excluding carboxylic acids is 1. The van der Waals surface area contributed by atoms with E-state index in [1.807, 2.05) is 48.5 Å². The fraction of sp³-hybridized carbons (Fsp3) is 0.318. The first-order chi connectivity index (χ1) is 13.9. The molecular weight excluding hydrogens is 384 g/mol. The van der Waals surface area contributed by atoms with E-state index in [1.165, 1.54) is 0 Å². The molecule has 1 amide bonds. The number of aromatic nitrogens is 3. The summed E-state index contributed by atoms with van der Waals surface area (Å²) in [6.07, 6.45) is 2.11. The normalized spacial score (nSPS) is 11.3. The van der Waals surface area contributed by atoms with E-state index in [0.717, 1.165) is 16.3 Å². The fourth-order valence-electron chi connectivity index (χ4n) is 2.63. The first kappa shape index (κ1) is 20.9. The highest BCUT2D eigenvalue weighted by atomic mass is 32.2. The van der Waals surface area contributed by atoms with E-state index in [-0.39, 0.29) is 11.3 Å². The predicted molar refractivity (Wildman–Crippen MR) is 117 cm³/mol. The van der Waals surface area contributed by atoms with E-state index in [4.69, 9.17) is 4.74 Å². The number of thioether (sulfide) groups is 1. The molecule has 29 heavy (non-hydrogen) atoms. The van der Waals surface area contributed by atoms with E-state index in [1.54, 1.807) is 29.8 Å². The molecule has 0 saturated carbocycles. The van der Waals surface area contributed by atoms with Gasteiger partial charge in [-0.05, 0) is 36.4 Å². The van der Waals surface area contributed by atoms with E-state index in [0.29, 0.717) is 23.8 Å². The maximum atomic E-state index is 12.5. The second kappa shape index (κ2) is 9.13. The van der Waals surface area contributed by atoms with Gasteiger partial charge in [0.05, 0.1) is 12.8 Å². The number of nitrogens with zero attached hydrogens (tertiary/aromatic N) is 3. The number of pyridine rings is 1. The highest BCUT2D eigenvalue weighted by Crippen LogP contribution is 2.26. The number of methoxy groups -OCH3 is 1. The molecule has 0 spiro atoms. The van der Waals surface area contributed by atoms with Crippen molar-refractivity contribution in [1.82, 2.24) is 14.8 Å². The Morgan fingerprint density at radius 1 is 1.17 bits per heavy atom. The third kappa shape index (κ3) is 5.60. The van der Waals surface area contributed by atoms with Crippen molar-refractivity contribution in [3.05, 3.63) is 60.4 Å². The van der Waals surface area contributed by atoms with Crippen LogP contribution in [-0.2, 0) is 10.2 Å². The van der Waals surface area contributed by atoms with Gasteiger partial charge in [-0.25, -0.2) is 4.98 Å². The molecule has 0 atom stereocenters. The van der Waals surface area contributed by atoms with Crippen LogP contribution < -0.4 is 10.1 Å². The van der Waals surface area contributed by atoms with E-state index in [2.05, 4.69) is 36.2 Å². The van der Waals surface area contributed by atoms with Crippen LogP contribution in [0.4, 0.5) is 5.82 Å².